The summed E-state index contributed by atoms with van der Waals surface area (Å²) in [7, 11) is 0. The Hall–Kier alpha value is 0.200. The van der Waals surface area contributed by atoms with Crippen LogP contribution in [0.15, 0.2) is 0 Å². The van der Waals surface area contributed by atoms with Crippen LogP contribution in [0.4, 0.5) is 0 Å². The number of hydrogen-bond donors (Lipinski definition) is 1. The second-order valence-electron chi connectivity index (χ2n) is 2.85. The standard InChI is InChI=1S/C9H16O4.Ca.2H/c1-2-3-4-5-6-13-9(12)7-8(10)11;;;/h2-7H2,1H3,(H,10,11);;;/q;+2;2*-1. The Balaban J connectivity index is -0.000000240. The number of carboxylic acids is 1. The molecule has 0 saturated carbocycles. The van der Waals surface area contributed by atoms with Crippen LogP contribution in [0.1, 0.15) is 41.9 Å². The van der Waals surface area contributed by atoms with Gasteiger partial charge in [-0.2, -0.15) is 0 Å². The van der Waals surface area contributed by atoms with Gasteiger partial charge in [0.25, 0.3) is 0 Å². The van der Waals surface area contributed by atoms with Gasteiger partial charge in [0.15, 0.2) is 0 Å². The minimum Gasteiger partial charge on any atom is -1.00 e. The smallest absolute Gasteiger partial charge is 1.00 e. The van der Waals surface area contributed by atoms with E-state index in [4.69, 9.17) is 5.11 Å². The van der Waals surface area contributed by atoms with E-state index >= 15 is 0 Å². The monoisotopic (exact) mass is 230 g/mol. The molecule has 80 valence electrons. The van der Waals surface area contributed by atoms with Crippen molar-refractivity contribution < 1.29 is 22.3 Å². The van der Waals surface area contributed by atoms with E-state index in [0.717, 1.165) is 25.7 Å². The molecule has 0 aromatic carbocycles. The van der Waals surface area contributed by atoms with Crippen LogP contribution < -0.4 is 0 Å². The maximum atomic E-state index is 10.7. The van der Waals surface area contributed by atoms with E-state index in [1.54, 1.807) is 0 Å². The number of rotatable bonds is 7. The molecule has 4 nitrogen and oxygen atoms in total. The van der Waals surface area contributed by atoms with Crippen molar-refractivity contribution in [3.05, 3.63) is 0 Å². The van der Waals surface area contributed by atoms with Crippen molar-refractivity contribution in [1.82, 2.24) is 0 Å². The van der Waals surface area contributed by atoms with Gasteiger partial charge >= 0.3 is 49.7 Å². The van der Waals surface area contributed by atoms with E-state index in [2.05, 4.69) is 11.7 Å². The molecule has 0 aromatic heterocycles. The average Bonchev–Trinajstić information content (AvgIpc) is 2.02. The molecule has 0 unspecified atom stereocenters. The number of unbranched alkanes of at least 4 members (excludes halogenated alkanes) is 3. The third kappa shape index (κ3) is 12.2. The number of ether oxygens (including phenoxy) is 1. The number of esters is 1. The molecule has 0 spiro atoms. The molecule has 0 saturated heterocycles. The number of carboxylic acid groups (broad SMARTS) is 1. The summed E-state index contributed by atoms with van der Waals surface area (Å²) in [5.74, 6) is -1.79. The normalized spacial score (nSPS) is 8.93. The summed E-state index contributed by atoms with van der Waals surface area (Å²) in [5, 5.41) is 8.22. The molecule has 0 aliphatic rings. The van der Waals surface area contributed by atoms with Crippen LogP contribution in [0.5, 0.6) is 0 Å². The molecule has 0 fully saturated rings. The van der Waals surface area contributed by atoms with Gasteiger partial charge in [0.2, 0.25) is 0 Å². The minimum absolute atomic E-state index is 0. The van der Waals surface area contributed by atoms with Crippen LogP contribution in [-0.4, -0.2) is 61.4 Å². The first kappa shape index (κ1) is 16.6. The van der Waals surface area contributed by atoms with Crippen LogP contribution in [0.3, 0.4) is 0 Å². The number of aliphatic carboxylic acids is 1. The first-order chi connectivity index (χ1) is 6.16. The van der Waals surface area contributed by atoms with Crippen LogP contribution in [0.25, 0.3) is 0 Å². The van der Waals surface area contributed by atoms with Gasteiger partial charge in [-0.05, 0) is 6.42 Å². The maximum absolute atomic E-state index is 10.7. The summed E-state index contributed by atoms with van der Waals surface area (Å²) in [4.78, 5) is 20.7. The molecule has 0 aliphatic heterocycles. The molecular weight excluding hydrogens is 212 g/mol. The van der Waals surface area contributed by atoms with E-state index in [1.165, 1.54) is 0 Å². The molecule has 0 radical (unpaired) electrons. The zero-order valence-electron chi connectivity index (χ0n) is 10.6. The Morgan fingerprint density at radius 3 is 2.43 bits per heavy atom. The van der Waals surface area contributed by atoms with Crippen molar-refractivity contribution in [3.8, 4) is 0 Å². The summed E-state index contributed by atoms with van der Waals surface area (Å²) >= 11 is 0. The van der Waals surface area contributed by atoms with Gasteiger partial charge in [0.1, 0.15) is 6.42 Å². The molecule has 1 N–H and O–H groups in total. The Morgan fingerprint density at radius 1 is 1.29 bits per heavy atom. The summed E-state index contributed by atoms with van der Waals surface area (Å²) in [6, 6.07) is 0. The minimum atomic E-state index is -1.14. The van der Waals surface area contributed by atoms with E-state index in [-0.39, 0.29) is 40.6 Å². The molecular formula is C9H18CaO4. The molecule has 14 heavy (non-hydrogen) atoms. The number of carbonyl (C=O) groups excluding carboxylic acids is 1. The van der Waals surface area contributed by atoms with Crippen molar-refractivity contribution in [1.29, 1.82) is 0 Å². The Labute approximate surface area is 117 Å². The van der Waals surface area contributed by atoms with Gasteiger partial charge in [0.05, 0.1) is 6.61 Å². The SMILES string of the molecule is CCCCCCOC(=O)CC(=O)O.[Ca+2].[H-].[H-]. The fourth-order valence-corrected chi connectivity index (χ4v) is 0.889. The molecule has 0 atom stereocenters. The van der Waals surface area contributed by atoms with Crippen molar-refractivity contribution in [3.63, 3.8) is 0 Å². The summed E-state index contributed by atoms with van der Waals surface area (Å²) in [6.45, 7) is 2.43. The Kier molecular flexibility index (Phi) is 13.4. The molecule has 0 heterocycles. The van der Waals surface area contributed by atoms with E-state index < -0.39 is 18.4 Å². The largest absolute Gasteiger partial charge is 2.00 e. The fourth-order valence-electron chi connectivity index (χ4n) is 0.889. The third-order valence-electron chi connectivity index (χ3n) is 1.56. The van der Waals surface area contributed by atoms with Crippen molar-refractivity contribution in [2.45, 2.75) is 39.0 Å². The summed E-state index contributed by atoms with van der Waals surface area (Å²) in [5.41, 5.74) is 0. The fraction of sp³-hybridized carbons (Fsp3) is 0.778. The van der Waals surface area contributed by atoms with Crippen molar-refractivity contribution >= 4 is 49.7 Å². The van der Waals surface area contributed by atoms with Crippen LogP contribution in [0.2, 0.25) is 0 Å². The van der Waals surface area contributed by atoms with Crippen LogP contribution in [0, 0.1) is 0 Å². The van der Waals surface area contributed by atoms with Crippen molar-refractivity contribution in [2.75, 3.05) is 6.61 Å². The van der Waals surface area contributed by atoms with Gasteiger partial charge in [-0.15, -0.1) is 0 Å². The third-order valence-corrected chi connectivity index (χ3v) is 1.56. The Morgan fingerprint density at radius 2 is 1.93 bits per heavy atom. The number of hydrogen-bond acceptors (Lipinski definition) is 3. The van der Waals surface area contributed by atoms with Gasteiger partial charge < -0.3 is 12.7 Å². The molecule has 0 bridgehead atoms. The van der Waals surface area contributed by atoms with Crippen molar-refractivity contribution in [2.24, 2.45) is 0 Å². The zero-order valence-corrected chi connectivity index (χ0v) is 10.8. The summed E-state index contributed by atoms with van der Waals surface area (Å²) in [6.07, 6.45) is 3.56. The summed E-state index contributed by atoms with van der Waals surface area (Å²) < 4.78 is 4.68. The van der Waals surface area contributed by atoms with Gasteiger partial charge in [-0.25, -0.2) is 0 Å². The Bertz CT molecular complexity index is 179. The molecule has 0 amide bonds. The molecule has 0 rings (SSSR count). The average molecular weight is 230 g/mol. The quantitative estimate of drug-likeness (QED) is 0.311. The maximum Gasteiger partial charge on any atom is 2.00 e. The second kappa shape index (κ2) is 11.3. The first-order valence-corrected chi connectivity index (χ1v) is 4.54. The van der Waals surface area contributed by atoms with Gasteiger partial charge in [-0.3, -0.25) is 9.59 Å². The molecule has 0 aromatic rings. The second-order valence-corrected chi connectivity index (χ2v) is 2.85. The van der Waals surface area contributed by atoms with E-state index in [9.17, 15) is 9.59 Å². The zero-order chi connectivity index (χ0) is 10.1. The van der Waals surface area contributed by atoms with Gasteiger partial charge in [-0.1, -0.05) is 26.2 Å². The van der Waals surface area contributed by atoms with E-state index in [0.29, 0.717) is 6.61 Å². The van der Waals surface area contributed by atoms with Crippen LogP contribution >= 0.6 is 0 Å². The number of carbonyl (C=O) groups is 2. The first-order valence-electron chi connectivity index (χ1n) is 4.54. The molecule has 0 aliphatic carbocycles. The predicted molar refractivity (Wildman–Crippen MR) is 55.3 cm³/mol. The van der Waals surface area contributed by atoms with E-state index in [1.807, 2.05) is 0 Å². The van der Waals surface area contributed by atoms with Gasteiger partial charge in [0, 0.05) is 0 Å². The topological polar surface area (TPSA) is 63.6 Å². The van der Waals surface area contributed by atoms with Crippen LogP contribution in [-0.2, 0) is 14.3 Å². The predicted octanol–water partition coefficient (Wildman–Crippen LogP) is 1.43. The molecule has 5 heteroatoms.